The van der Waals surface area contributed by atoms with E-state index in [9.17, 15) is 9.59 Å². The average Bonchev–Trinajstić information content (AvgIpc) is 2.92. The highest BCUT2D eigenvalue weighted by Gasteiger charge is 2.29. The van der Waals surface area contributed by atoms with E-state index in [0.717, 1.165) is 15.5 Å². The molecule has 0 saturated carbocycles. The Balaban J connectivity index is 1.68. The number of rotatable bonds is 5. The largest absolute Gasteiger partial charge is 0.493 e. The van der Waals surface area contributed by atoms with Crippen LogP contribution < -0.4 is 19.7 Å². The van der Waals surface area contributed by atoms with Crippen LogP contribution in [-0.4, -0.2) is 32.1 Å². The maximum absolute atomic E-state index is 13.2. The van der Waals surface area contributed by atoms with Crippen LogP contribution in [0.4, 0.5) is 11.4 Å². The van der Waals surface area contributed by atoms with E-state index in [-0.39, 0.29) is 17.9 Å². The molecule has 0 fully saturated rings. The van der Waals surface area contributed by atoms with Gasteiger partial charge in [-0.1, -0.05) is 23.9 Å². The van der Waals surface area contributed by atoms with Gasteiger partial charge in [0.1, 0.15) is 0 Å². The number of ether oxygens (including phenoxy) is 2. The Bertz CT molecular complexity index is 1190. The van der Waals surface area contributed by atoms with E-state index in [2.05, 4.69) is 5.32 Å². The van der Waals surface area contributed by atoms with Gasteiger partial charge in [-0.2, -0.15) is 0 Å². The molecule has 3 aromatic rings. The summed E-state index contributed by atoms with van der Waals surface area (Å²) >= 11 is 1.53. The number of nitrogens with one attached hydrogen (secondary N) is 1. The van der Waals surface area contributed by atoms with Gasteiger partial charge in [-0.3, -0.25) is 9.59 Å². The Morgan fingerprint density at radius 1 is 0.938 bits per heavy atom. The Morgan fingerprint density at radius 2 is 1.69 bits per heavy atom. The van der Waals surface area contributed by atoms with E-state index in [1.807, 2.05) is 56.3 Å². The van der Waals surface area contributed by atoms with Gasteiger partial charge in [0.25, 0.3) is 11.8 Å². The van der Waals surface area contributed by atoms with Crippen LogP contribution in [0.2, 0.25) is 0 Å². The summed E-state index contributed by atoms with van der Waals surface area (Å²) in [5.41, 5.74) is 2.61. The molecular weight excluding hydrogens is 424 g/mol. The summed E-state index contributed by atoms with van der Waals surface area (Å²) in [6, 6.07) is 18.2. The third-order valence-electron chi connectivity index (χ3n) is 5.20. The smallest absolute Gasteiger partial charge is 0.259 e. The summed E-state index contributed by atoms with van der Waals surface area (Å²) < 4.78 is 10.5. The highest BCUT2D eigenvalue weighted by molar-refractivity contribution is 7.99. The zero-order valence-electron chi connectivity index (χ0n) is 18.3. The molecule has 0 aromatic heterocycles. The summed E-state index contributed by atoms with van der Waals surface area (Å²) in [5, 5.41) is 2.94. The molecule has 164 valence electrons. The minimum Gasteiger partial charge on any atom is -0.493 e. The fourth-order valence-corrected chi connectivity index (χ4v) is 4.76. The van der Waals surface area contributed by atoms with E-state index in [1.54, 1.807) is 30.2 Å². The van der Waals surface area contributed by atoms with E-state index >= 15 is 0 Å². The first-order chi connectivity index (χ1) is 15.4. The lowest BCUT2D eigenvalue weighted by Gasteiger charge is -2.27. The number of carbonyl (C=O) groups is 2. The molecule has 2 amide bonds. The van der Waals surface area contributed by atoms with Crippen molar-refractivity contribution in [3.8, 4) is 11.5 Å². The van der Waals surface area contributed by atoms with E-state index in [4.69, 9.17) is 9.47 Å². The normalized spacial score (nSPS) is 12.7. The van der Waals surface area contributed by atoms with E-state index in [1.165, 1.54) is 18.9 Å². The second-order valence-electron chi connectivity index (χ2n) is 7.57. The number of nitrogens with zero attached hydrogens (tertiary/aromatic N) is 1. The molecule has 4 rings (SSSR count). The van der Waals surface area contributed by atoms with Gasteiger partial charge in [0, 0.05) is 27.1 Å². The number of benzene rings is 3. The molecule has 0 saturated heterocycles. The van der Waals surface area contributed by atoms with Crippen LogP contribution in [0.3, 0.4) is 0 Å². The zero-order valence-corrected chi connectivity index (χ0v) is 19.2. The molecule has 0 unspecified atom stereocenters. The number of carbonyl (C=O) groups excluding carboxylic acids is 2. The second kappa shape index (κ2) is 8.96. The zero-order chi connectivity index (χ0) is 22.8. The fraction of sp³-hybridized carbons (Fsp3) is 0.200. The topological polar surface area (TPSA) is 67.9 Å². The summed E-state index contributed by atoms with van der Waals surface area (Å²) in [6.45, 7) is 3.99. The van der Waals surface area contributed by atoms with Crippen molar-refractivity contribution in [2.75, 3.05) is 24.4 Å². The highest BCUT2D eigenvalue weighted by atomic mass is 32.2. The van der Waals surface area contributed by atoms with Gasteiger partial charge < -0.3 is 19.7 Å². The van der Waals surface area contributed by atoms with Crippen molar-refractivity contribution in [2.24, 2.45) is 0 Å². The average molecular weight is 449 g/mol. The molecule has 0 spiro atoms. The molecule has 0 bridgehead atoms. The van der Waals surface area contributed by atoms with Gasteiger partial charge in [-0.25, -0.2) is 0 Å². The number of methoxy groups -OCH3 is 2. The molecule has 1 aliphatic heterocycles. The Kier molecular flexibility index (Phi) is 6.10. The van der Waals surface area contributed by atoms with E-state index < -0.39 is 0 Å². The first-order valence-electron chi connectivity index (χ1n) is 10.2. The van der Waals surface area contributed by atoms with Crippen LogP contribution in [0, 0.1) is 0 Å². The van der Waals surface area contributed by atoms with Gasteiger partial charge in [-0.05, 0) is 62.4 Å². The molecule has 7 heteroatoms. The predicted molar refractivity (Wildman–Crippen MR) is 126 cm³/mol. The molecule has 0 radical (unpaired) electrons. The van der Waals surface area contributed by atoms with Crippen molar-refractivity contribution in [3.05, 3.63) is 71.8 Å². The molecule has 6 nitrogen and oxygen atoms in total. The maximum atomic E-state index is 13.2. The monoisotopic (exact) mass is 448 g/mol. The summed E-state index contributed by atoms with van der Waals surface area (Å²) in [6.07, 6.45) is 0. The molecule has 32 heavy (non-hydrogen) atoms. The second-order valence-corrected chi connectivity index (χ2v) is 8.66. The third kappa shape index (κ3) is 4.03. The quantitative estimate of drug-likeness (QED) is 0.560. The van der Waals surface area contributed by atoms with Gasteiger partial charge in [0.2, 0.25) is 0 Å². The number of hydrogen-bond donors (Lipinski definition) is 1. The Hall–Kier alpha value is -3.45. The number of amides is 2. The van der Waals surface area contributed by atoms with Crippen molar-refractivity contribution in [3.63, 3.8) is 0 Å². The lowest BCUT2D eigenvalue weighted by molar-refractivity contribution is 0.0976. The first-order valence-corrected chi connectivity index (χ1v) is 11.0. The summed E-state index contributed by atoms with van der Waals surface area (Å²) in [5.74, 6) is 0.758. The molecule has 1 N–H and O–H groups in total. The molecular formula is C25H24N2O4S. The van der Waals surface area contributed by atoms with Crippen molar-refractivity contribution < 1.29 is 19.1 Å². The van der Waals surface area contributed by atoms with Crippen LogP contribution in [-0.2, 0) is 0 Å². The Morgan fingerprint density at radius 3 is 2.41 bits per heavy atom. The van der Waals surface area contributed by atoms with Gasteiger partial charge in [0.05, 0.1) is 25.5 Å². The molecule has 3 aromatic carbocycles. The van der Waals surface area contributed by atoms with Crippen LogP contribution in [0.5, 0.6) is 11.5 Å². The third-order valence-corrected chi connectivity index (χ3v) is 6.32. The summed E-state index contributed by atoms with van der Waals surface area (Å²) in [7, 11) is 3.08. The van der Waals surface area contributed by atoms with Crippen molar-refractivity contribution in [1.82, 2.24) is 0 Å². The van der Waals surface area contributed by atoms with Crippen molar-refractivity contribution in [1.29, 1.82) is 0 Å². The van der Waals surface area contributed by atoms with Crippen molar-refractivity contribution in [2.45, 2.75) is 29.7 Å². The van der Waals surface area contributed by atoms with Crippen LogP contribution in [0.25, 0.3) is 0 Å². The van der Waals surface area contributed by atoms with Crippen LogP contribution >= 0.6 is 11.8 Å². The highest BCUT2D eigenvalue weighted by Crippen LogP contribution is 2.43. The van der Waals surface area contributed by atoms with Crippen LogP contribution in [0.1, 0.15) is 34.6 Å². The fourth-order valence-electron chi connectivity index (χ4n) is 3.66. The number of hydrogen-bond acceptors (Lipinski definition) is 5. The molecule has 0 atom stereocenters. The lowest BCUT2D eigenvalue weighted by Crippen LogP contribution is -2.36. The van der Waals surface area contributed by atoms with Gasteiger partial charge in [-0.15, -0.1) is 0 Å². The van der Waals surface area contributed by atoms with Crippen LogP contribution in [0.15, 0.2) is 70.5 Å². The van der Waals surface area contributed by atoms with Gasteiger partial charge >= 0.3 is 0 Å². The van der Waals surface area contributed by atoms with Gasteiger partial charge in [0.15, 0.2) is 11.5 Å². The standard InChI is InChI=1S/C25H24N2O4S/c1-15(2)27-19-11-10-17(14-23(19)32-22-8-6-5-7-18(22)25(27)29)26-24(28)16-9-12-20(30-3)21(13-16)31-4/h5-15H,1-4H3,(H,26,28). The predicted octanol–water partition coefficient (Wildman–Crippen LogP) is 5.48. The lowest BCUT2D eigenvalue weighted by atomic mass is 10.1. The van der Waals surface area contributed by atoms with Crippen molar-refractivity contribution >= 4 is 35.0 Å². The SMILES string of the molecule is COc1ccc(C(=O)Nc2ccc3c(c2)Sc2ccccc2C(=O)N3C(C)C)cc1OC. The van der Waals surface area contributed by atoms with E-state index in [0.29, 0.717) is 28.3 Å². The molecule has 0 aliphatic carbocycles. The molecule has 1 heterocycles. The summed E-state index contributed by atoms with van der Waals surface area (Å²) in [4.78, 5) is 29.7. The Labute approximate surface area is 191 Å². The molecule has 1 aliphatic rings. The number of fused-ring (bicyclic) bond motifs is 2. The first kappa shape index (κ1) is 21.8. The minimum atomic E-state index is -0.262. The maximum Gasteiger partial charge on any atom is 0.259 e. The minimum absolute atomic E-state index is 0.0137. The number of anilines is 2.